The molecule has 4 rings (SSSR count). The number of halogens is 2. The van der Waals surface area contributed by atoms with E-state index in [-0.39, 0.29) is 41.8 Å². The first-order valence-corrected chi connectivity index (χ1v) is 11.8. The summed E-state index contributed by atoms with van der Waals surface area (Å²) in [4.78, 5) is 6.82. The van der Waals surface area contributed by atoms with Crippen molar-refractivity contribution in [2.24, 2.45) is 4.99 Å². The van der Waals surface area contributed by atoms with E-state index in [0.29, 0.717) is 6.10 Å². The Kier molecular flexibility index (Phi) is 10.4. The molecule has 180 valence electrons. The van der Waals surface area contributed by atoms with E-state index in [1.54, 1.807) is 13.1 Å². The fourth-order valence-corrected chi connectivity index (χ4v) is 4.45. The van der Waals surface area contributed by atoms with Crippen LogP contribution in [-0.4, -0.2) is 56.3 Å². The van der Waals surface area contributed by atoms with E-state index in [4.69, 9.17) is 4.74 Å². The third kappa shape index (κ3) is 7.93. The summed E-state index contributed by atoms with van der Waals surface area (Å²) in [6.07, 6.45) is 4.44. The van der Waals surface area contributed by atoms with E-state index in [1.165, 1.54) is 11.6 Å². The Morgan fingerprint density at radius 3 is 2.55 bits per heavy atom. The van der Waals surface area contributed by atoms with E-state index in [9.17, 15) is 4.39 Å². The first-order chi connectivity index (χ1) is 15.7. The molecule has 1 aliphatic carbocycles. The lowest BCUT2D eigenvalue weighted by atomic mass is 10.1. The fraction of sp³-hybridized carbons (Fsp3) is 0.500. The second kappa shape index (κ2) is 13.2. The number of piperidine rings is 1. The van der Waals surface area contributed by atoms with Crippen molar-refractivity contribution in [3.63, 3.8) is 0 Å². The molecule has 2 unspecified atom stereocenters. The highest BCUT2D eigenvalue weighted by Gasteiger charge is 2.40. The lowest BCUT2D eigenvalue weighted by Crippen LogP contribution is -2.40. The van der Waals surface area contributed by atoms with E-state index in [2.05, 4.69) is 50.9 Å². The Balaban J connectivity index is 0.00000306. The van der Waals surface area contributed by atoms with Gasteiger partial charge >= 0.3 is 0 Å². The van der Waals surface area contributed by atoms with Gasteiger partial charge in [-0.1, -0.05) is 48.5 Å². The van der Waals surface area contributed by atoms with Crippen LogP contribution in [0.3, 0.4) is 0 Å². The van der Waals surface area contributed by atoms with Gasteiger partial charge in [-0.25, -0.2) is 4.39 Å². The van der Waals surface area contributed by atoms with Crippen molar-refractivity contribution in [1.29, 1.82) is 0 Å². The molecule has 1 saturated heterocycles. The van der Waals surface area contributed by atoms with Crippen molar-refractivity contribution in [2.75, 3.05) is 33.3 Å². The summed E-state index contributed by atoms with van der Waals surface area (Å²) >= 11 is 0. The maximum Gasteiger partial charge on any atom is 0.191 e. The average Bonchev–Trinajstić information content (AvgIpc) is 3.59. The number of aliphatic imine (C=N–C) groups is 1. The van der Waals surface area contributed by atoms with Crippen molar-refractivity contribution in [3.05, 3.63) is 71.5 Å². The van der Waals surface area contributed by atoms with Crippen molar-refractivity contribution in [2.45, 2.75) is 50.3 Å². The van der Waals surface area contributed by atoms with Gasteiger partial charge in [-0.05, 0) is 42.9 Å². The number of likely N-dealkylation sites (tertiary alicyclic amines) is 1. The number of hydrogen-bond donors (Lipinski definition) is 2. The molecule has 2 aromatic rings. The van der Waals surface area contributed by atoms with Crippen LogP contribution in [0.5, 0.6) is 0 Å². The van der Waals surface area contributed by atoms with E-state index >= 15 is 0 Å². The molecule has 2 atom stereocenters. The van der Waals surface area contributed by atoms with Gasteiger partial charge in [0.2, 0.25) is 0 Å². The minimum atomic E-state index is -0.118. The first-order valence-electron chi connectivity index (χ1n) is 11.8. The Bertz CT molecular complexity index is 874. The van der Waals surface area contributed by atoms with Gasteiger partial charge < -0.3 is 15.4 Å². The normalized spacial score (nSPS) is 21.3. The summed E-state index contributed by atoms with van der Waals surface area (Å²) in [7, 11) is 1.77. The Hall–Kier alpha value is -1.71. The monoisotopic (exact) mass is 566 g/mol. The third-order valence-corrected chi connectivity index (χ3v) is 6.39. The minimum absolute atomic E-state index is 0. The third-order valence-electron chi connectivity index (χ3n) is 6.39. The van der Waals surface area contributed by atoms with Crippen LogP contribution in [0, 0.1) is 5.82 Å². The molecule has 0 amide bonds. The molecule has 1 aliphatic heterocycles. The highest BCUT2D eigenvalue weighted by molar-refractivity contribution is 14.0. The van der Waals surface area contributed by atoms with Crippen LogP contribution in [0.2, 0.25) is 0 Å². The molecule has 1 heterocycles. The standard InChI is InChI=1S/C26H35FN4O.HI/c1-28-26(30-25-18-23(25)22-10-5-6-11-24(22)27)29-14-7-17-32-21-12-15-31(16-13-21)19-20-8-3-2-4-9-20;/h2-6,8-11,21,23,25H,7,12-19H2,1H3,(H2,28,29,30);1H. The predicted molar refractivity (Wildman–Crippen MR) is 143 cm³/mol. The quantitative estimate of drug-likeness (QED) is 0.203. The molecule has 33 heavy (non-hydrogen) atoms. The zero-order valence-corrected chi connectivity index (χ0v) is 21.7. The highest BCUT2D eigenvalue weighted by atomic mass is 127. The molecule has 7 heteroatoms. The summed E-state index contributed by atoms with van der Waals surface area (Å²) in [6.45, 7) is 4.79. The van der Waals surface area contributed by atoms with Crippen LogP contribution in [0.1, 0.15) is 42.7 Å². The number of guanidine groups is 1. The number of benzene rings is 2. The van der Waals surface area contributed by atoms with Crippen molar-refractivity contribution in [1.82, 2.24) is 15.5 Å². The number of nitrogens with zero attached hydrogens (tertiary/aromatic N) is 2. The van der Waals surface area contributed by atoms with Crippen LogP contribution < -0.4 is 10.6 Å². The smallest absolute Gasteiger partial charge is 0.191 e. The Morgan fingerprint density at radius 2 is 1.82 bits per heavy atom. The largest absolute Gasteiger partial charge is 0.378 e. The van der Waals surface area contributed by atoms with Gasteiger partial charge in [0.25, 0.3) is 0 Å². The van der Waals surface area contributed by atoms with Gasteiger partial charge in [-0.2, -0.15) is 0 Å². The SMILES string of the molecule is CN=C(NCCCOC1CCN(Cc2ccccc2)CC1)NC1CC1c1ccccc1F.I. The molecular formula is C26H36FIN4O. The number of rotatable bonds is 9. The Labute approximate surface area is 214 Å². The van der Waals surface area contributed by atoms with Gasteiger partial charge in [-0.3, -0.25) is 9.89 Å². The summed E-state index contributed by atoms with van der Waals surface area (Å²) < 4.78 is 20.1. The second-order valence-corrected chi connectivity index (χ2v) is 8.80. The van der Waals surface area contributed by atoms with Crippen LogP contribution in [0.25, 0.3) is 0 Å². The van der Waals surface area contributed by atoms with Crippen LogP contribution in [0.4, 0.5) is 4.39 Å². The molecule has 2 fully saturated rings. The molecule has 2 aromatic carbocycles. The molecule has 0 aromatic heterocycles. The molecule has 1 saturated carbocycles. The second-order valence-electron chi connectivity index (χ2n) is 8.80. The molecule has 2 aliphatic rings. The van der Waals surface area contributed by atoms with Crippen molar-refractivity contribution >= 4 is 29.9 Å². The molecule has 0 bridgehead atoms. The van der Waals surface area contributed by atoms with E-state index < -0.39 is 0 Å². The molecular weight excluding hydrogens is 530 g/mol. The van der Waals surface area contributed by atoms with Gasteiger partial charge in [0, 0.05) is 51.8 Å². The molecule has 0 spiro atoms. The summed E-state index contributed by atoms with van der Waals surface area (Å²) in [6, 6.07) is 18.0. The van der Waals surface area contributed by atoms with Crippen LogP contribution in [-0.2, 0) is 11.3 Å². The summed E-state index contributed by atoms with van der Waals surface area (Å²) in [5, 5.41) is 6.76. The van der Waals surface area contributed by atoms with Gasteiger partial charge in [-0.15, -0.1) is 24.0 Å². The molecule has 0 radical (unpaired) electrons. The number of ether oxygens (including phenoxy) is 1. The Morgan fingerprint density at radius 1 is 1.09 bits per heavy atom. The van der Waals surface area contributed by atoms with Gasteiger partial charge in [0.05, 0.1) is 6.10 Å². The predicted octanol–water partition coefficient (Wildman–Crippen LogP) is 4.54. The molecule has 2 N–H and O–H groups in total. The van der Waals surface area contributed by atoms with Crippen LogP contribution >= 0.6 is 24.0 Å². The number of nitrogens with one attached hydrogen (secondary N) is 2. The lowest BCUT2D eigenvalue weighted by molar-refractivity contribution is 0.00534. The topological polar surface area (TPSA) is 48.9 Å². The zero-order valence-electron chi connectivity index (χ0n) is 19.4. The average molecular weight is 567 g/mol. The van der Waals surface area contributed by atoms with Gasteiger partial charge in [0.15, 0.2) is 5.96 Å². The van der Waals surface area contributed by atoms with E-state index in [1.807, 2.05) is 12.1 Å². The van der Waals surface area contributed by atoms with E-state index in [0.717, 1.165) is 70.0 Å². The van der Waals surface area contributed by atoms with Crippen LogP contribution in [0.15, 0.2) is 59.6 Å². The van der Waals surface area contributed by atoms with Crippen molar-refractivity contribution in [3.8, 4) is 0 Å². The molecule has 5 nitrogen and oxygen atoms in total. The zero-order chi connectivity index (χ0) is 22.2. The minimum Gasteiger partial charge on any atom is -0.378 e. The first kappa shape index (κ1) is 25.9. The maximum atomic E-state index is 13.9. The van der Waals surface area contributed by atoms with Gasteiger partial charge in [0.1, 0.15) is 5.82 Å². The lowest BCUT2D eigenvalue weighted by Gasteiger charge is -2.32. The maximum absolute atomic E-state index is 13.9. The highest BCUT2D eigenvalue weighted by Crippen LogP contribution is 2.41. The summed E-state index contributed by atoms with van der Waals surface area (Å²) in [5.41, 5.74) is 2.18. The summed E-state index contributed by atoms with van der Waals surface area (Å²) in [5.74, 6) is 0.890. The van der Waals surface area contributed by atoms with Crippen molar-refractivity contribution < 1.29 is 9.13 Å². The number of hydrogen-bond acceptors (Lipinski definition) is 3. The fourth-order valence-electron chi connectivity index (χ4n) is 4.45.